The lowest BCUT2D eigenvalue weighted by atomic mass is 10.2. The summed E-state index contributed by atoms with van der Waals surface area (Å²) >= 11 is 0. The van der Waals surface area contributed by atoms with Crippen LogP contribution in [0.2, 0.25) is 0 Å². The Kier molecular flexibility index (Phi) is 3.18. The zero-order valence-electron chi connectivity index (χ0n) is 7.19. The van der Waals surface area contributed by atoms with Gasteiger partial charge in [0.25, 0.3) is 0 Å². The first kappa shape index (κ1) is 9.43. The predicted octanol–water partition coefficient (Wildman–Crippen LogP) is 0.626. The standard InChI is InChI=1S/C10H9NO2/c1-8(13)2-4-10-5-3-9(7-12)6-11-10/h3,5-8,13H,1H3/t8-/m0/s1. The molecule has 0 aromatic carbocycles. The summed E-state index contributed by atoms with van der Waals surface area (Å²) in [7, 11) is 0. The van der Waals surface area contributed by atoms with Crippen LogP contribution in [0.3, 0.4) is 0 Å². The SMILES string of the molecule is C[C@H](O)C#Cc1ccc(C=O)cn1. The van der Waals surface area contributed by atoms with E-state index in [1.165, 1.54) is 6.20 Å². The maximum absolute atomic E-state index is 10.3. The largest absolute Gasteiger partial charge is 0.381 e. The fourth-order valence-electron chi connectivity index (χ4n) is 0.727. The zero-order chi connectivity index (χ0) is 9.68. The van der Waals surface area contributed by atoms with E-state index in [2.05, 4.69) is 16.8 Å². The molecule has 0 aliphatic carbocycles. The van der Waals surface area contributed by atoms with Crippen molar-refractivity contribution in [1.29, 1.82) is 0 Å². The van der Waals surface area contributed by atoms with Gasteiger partial charge in [0.15, 0.2) is 6.29 Å². The van der Waals surface area contributed by atoms with Gasteiger partial charge in [-0.05, 0) is 25.0 Å². The van der Waals surface area contributed by atoms with E-state index in [4.69, 9.17) is 5.11 Å². The average Bonchev–Trinajstić information content (AvgIpc) is 2.15. The molecule has 1 N–H and O–H groups in total. The molecular weight excluding hydrogens is 166 g/mol. The Hall–Kier alpha value is -1.66. The molecule has 0 spiro atoms. The van der Waals surface area contributed by atoms with Crippen LogP contribution in [0.1, 0.15) is 23.0 Å². The Bertz CT molecular complexity index is 343. The number of aliphatic hydroxyl groups excluding tert-OH is 1. The third-order valence-electron chi connectivity index (χ3n) is 1.33. The van der Waals surface area contributed by atoms with Gasteiger partial charge >= 0.3 is 0 Å². The first-order valence-electron chi connectivity index (χ1n) is 3.83. The van der Waals surface area contributed by atoms with Crippen molar-refractivity contribution in [2.75, 3.05) is 0 Å². The molecule has 1 atom stereocenters. The molecule has 1 aromatic heterocycles. The molecule has 13 heavy (non-hydrogen) atoms. The van der Waals surface area contributed by atoms with Crippen LogP contribution in [0.15, 0.2) is 18.3 Å². The molecule has 0 unspecified atom stereocenters. The van der Waals surface area contributed by atoms with Gasteiger partial charge in [-0.3, -0.25) is 4.79 Å². The number of carbonyl (C=O) groups is 1. The second kappa shape index (κ2) is 4.39. The van der Waals surface area contributed by atoms with Gasteiger partial charge in [-0.2, -0.15) is 0 Å². The minimum atomic E-state index is -0.660. The van der Waals surface area contributed by atoms with E-state index in [0.717, 1.165) is 6.29 Å². The first-order chi connectivity index (χ1) is 6.22. The maximum Gasteiger partial charge on any atom is 0.151 e. The van der Waals surface area contributed by atoms with Crippen molar-refractivity contribution in [3.63, 3.8) is 0 Å². The molecule has 66 valence electrons. The number of rotatable bonds is 1. The molecule has 0 radical (unpaired) electrons. The van der Waals surface area contributed by atoms with Crippen molar-refractivity contribution < 1.29 is 9.90 Å². The highest BCUT2D eigenvalue weighted by Gasteiger charge is 1.91. The summed E-state index contributed by atoms with van der Waals surface area (Å²) in [4.78, 5) is 14.2. The minimum absolute atomic E-state index is 0.516. The molecule has 0 saturated heterocycles. The van der Waals surface area contributed by atoms with Gasteiger partial charge in [-0.25, -0.2) is 4.98 Å². The van der Waals surface area contributed by atoms with Crippen LogP contribution in [0.25, 0.3) is 0 Å². The van der Waals surface area contributed by atoms with Crippen molar-refractivity contribution in [2.24, 2.45) is 0 Å². The lowest BCUT2D eigenvalue weighted by Crippen LogP contribution is -1.93. The Morgan fingerprint density at radius 2 is 2.38 bits per heavy atom. The third kappa shape index (κ3) is 3.06. The zero-order valence-corrected chi connectivity index (χ0v) is 7.19. The van der Waals surface area contributed by atoms with Gasteiger partial charge < -0.3 is 5.11 Å². The summed E-state index contributed by atoms with van der Waals surface area (Å²) in [5, 5.41) is 8.86. The number of aliphatic hydroxyl groups is 1. The van der Waals surface area contributed by atoms with E-state index in [0.29, 0.717) is 11.3 Å². The van der Waals surface area contributed by atoms with Crippen molar-refractivity contribution in [3.8, 4) is 11.8 Å². The fraction of sp³-hybridized carbons (Fsp3) is 0.200. The van der Waals surface area contributed by atoms with Crippen LogP contribution in [-0.2, 0) is 0 Å². The number of hydrogen-bond donors (Lipinski definition) is 1. The van der Waals surface area contributed by atoms with E-state index in [9.17, 15) is 4.79 Å². The fourth-order valence-corrected chi connectivity index (χ4v) is 0.727. The number of pyridine rings is 1. The Morgan fingerprint density at radius 3 is 2.85 bits per heavy atom. The molecule has 1 rings (SSSR count). The third-order valence-corrected chi connectivity index (χ3v) is 1.33. The Balaban J connectivity index is 2.82. The average molecular weight is 175 g/mol. The second-order valence-corrected chi connectivity index (χ2v) is 2.54. The summed E-state index contributed by atoms with van der Waals surface area (Å²) in [5.74, 6) is 5.22. The number of nitrogens with zero attached hydrogens (tertiary/aromatic N) is 1. The van der Waals surface area contributed by atoms with Gasteiger partial charge in [0.1, 0.15) is 11.8 Å². The Morgan fingerprint density at radius 1 is 1.62 bits per heavy atom. The normalized spacial score (nSPS) is 11.2. The van der Waals surface area contributed by atoms with Crippen molar-refractivity contribution in [2.45, 2.75) is 13.0 Å². The monoisotopic (exact) mass is 175 g/mol. The summed E-state index contributed by atoms with van der Waals surface area (Å²) < 4.78 is 0. The van der Waals surface area contributed by atoms with Gasteiger partial charge in [0.05, 0.1) is 0 Å². The van der Waals surface area contributed by atoms with E-state index < -0.39 is 6.10 Å². The summed E-state index contributed by atoms with van der Waals surface area (Å²) in [6.07, 6.45) is 1.50. The van der Waals surface area contributed by atoms with Crippen molar-refractivity contribution >= 4 is 6.29 Å². The van der Waals surface area contributed by atoms with Gasteiger partial charge in [-0.15, -0.1) is 0 Å². The molecule has 0 fully saturated rings. The highest BCUT2D eigenvalue weighted by molar-refractivity contribution is 5.74. The molecule has 1 aromatic rings. The quantitative estimate of drug-likeness (QED) is 0.503. The highest BCUT2D eigenvalue weighted by Crippen LogP contribution is 1.95. The van der Waals surface area contributed by atoms with Crippen LogP contribution in [0.5, 0.6) is 0 Å². The Labute approximate surface area is 76.4 Å². The van der Waals surface area contributed by atoms with Gasteiger partial charge in [0.2, 0.25) is 0 Å². The topological polar surface area (TPSA) is 50.2 Å². The van der Waals surface area contributed by atoms with E-state index in [1.807, 2.05) is 0 Å². The van der Waals surface area contributed by atoms with Crippen LogP contribution in [-0.4, -0.2) is 22.5 Å². The minimum Gasteiger partial charge on any atom is -0.381 e. The van der Waals surface area contributed by atoms with Crippen LogP contribution >= 0.6 is 0 Å². The van der Waals surface area contributed by atoms with Crippen LogP contribution in [0.4, 0.5) is 0 Å². The van der Waals surface area contributed by atoms with Crippen LogP contribution < -0.4 is 0 Å². The summed E-state index contributed by atoms with van der Waals surface area (Å²) in [6, 6.07) is 3.27. The number of carbonyl (C=O) groups excluding carboxylic acids is 1. The number of hydrogen-bond acceptors (Lipinski definition) is 3. The first-order valence-corrected chi connectivity index (χ1v) is 3.83. The summed E-state index contributed by atoms with van der Waals surface area (Å²) in [5.41, 5.74) is 1.06. The van der Waals surface area contributed by atoms with Crippen LogP contribution in [0, 0.1) is 11.8 Å². The summed E-state index contributed by atoms with van der Waals surface area (Å²) in [6.45, 7) is 1.58. The van der Waals surface area contributed by atoms with Crippen molar-refractivity contribution in [3.05, 3.63) is 29.6 Å². The number of aldehydes is 1. The molecule has 1 heterocycles. The van der Waals surface area contributed by atoms with E-state index in [1.54, 1.807) is 19.1 Å². The van der Waals surface area contributed by atoms with Gasteiger partial charge in [0, 0.05) is 11.8 Å². The lowest BCUT2D eigenvalue weighted by molar-refractivity contribution is 0.112. The molecule has 3 heteroatoms. The molecule has 3 nitrogen and oxygen atoms in total. The molecule has 0 aliphatic heterocycles. The van der Waals surface area contributed by atoms with E-state index >= 15 is 0 Å². The number of aromatic nitrogens is 1. The molecule has 0 saturated carbocycles. The lowest BCUT2D eigenvalue weighted by Gasteiger charge is -1.91. The molecule has 0 amide bonds. The smallest absolute Gasteiger partial charge is 0.151 e. The molecular formula is C10H9NO2. The second-order valence-electron chi connectivity index (χ2n) is 2.54. The van der Waals surface area contributed by atoms with Gasteiger partial charge in [-0.1, -0.05) is 5.92 Å². The molecule has 0 bridgehead atoms. The molecule has 0 aliphatic rings. The predicted molar refractivity (Wildman–Crippen MR) is 48.2 cm³/mol. The van der Waals surface area contributed by atoms with E-state index in [-0.39, 0.29) is 0 Å². The maximum atomic E-state index is 10.3. The van der Waals surface area contributed by atoms with Crippen molar-refractivity contribution in [1.82, 2.24) is 4.98 Å². The highest BCUT2D eigenvalue weighted by atomic mass is 16.3.